The molecule has 1 aromatic heterocycles. The fourth-order valence-electron chi connectivity index (χ4n) is 3.29. The Hall–Kier alpha value is -4.69. The van der Waals surface area contributed by atoms with Gasteiger partial charge in [0.05, 0.1) is 35.5 Å². The van der Waals surface area contributed by atoms with Crippen molar-refractivity contribution < 1.29 is 22.7 Å². The molecule has 0 atom stereocenters. The van der Waals surface area contributed by atoms with Gasteiger partial charge in [-0.3, -0.25) is 4.79 Å². The maximum Gasteiger partial charge on any atom is 0.416 e. The molecule has 11 heteroatoms. The van der Waals surface area contributed by atoms with Crippen molar-refractivity contribution in [2.24, 2.45) is 5.10 Å². The van der Waals surface area contributed by atoms with Crippen LogP contribution in [0.5, 0.6) is 5.75 Å². The smallest absolute Gasteiger partial charge is 0.416 e. The van der Waals surface area contributed by atoms with Crippen LogP contribution < -0.4 is 15.5 Å². The van der Waals surface area contributed by atoms with Gasteiger partial charge in [-0.15, -0.1) is 11.3 Å². The number of nitrogens with zero attached hydrogens (tertiary/aromatic N) is 3. The highest BCUT2D eigenvalue weighted by Gasteiger charge is 2.30. The fraction of sp³-hybridized carbons (Fsp3) is 0.111. The summed E-state index contributed by atoms with van der Waals surface area (Å²) in [5, 5.41) is 17.9. The second-order valence-corrected chi connectivity index (χ2v) is 8.80. The quantitative estimate of drug-likeness (QED) is 0.201. The Morgan fingerprint density at radius 2 is 1.89 bits per heavy atom. The molecule has 0 bridgehead atoms. The second-order valence-electron chi connectivity index (χ2n) is 7.94. The van der Waals surface area contributed by atoms with E-state index in [9.17, 15) is 18.0 Å². The number of ether oxygens (including phenoxy) is 1. The highest BCUT2D eigenvalue weighted by atomic mass is 32.1. The van der Waals surface area contributed by atoms with Crippen LogP contribution >= 0.6 is 11.3 Å². The summed E-state index contributed by atoms with van der Waals surface area (Å²) in [6, 6.07) is 21.2. The minimum atomic E-state index is -4.44. The van der Waals surface area contributed by atoms with Crippen LogP contribution in [0, 0.1) is 11.3 Å². The third-order valence-electron chi connectivity index (χ3n) is 5.15. The molecule has 0 unspecified atom stereocenters. The van der Waals surface area contributed by atoms with Gasteiger partial charge in [-0.05, 0) is 54.1 Å². The van der Waals surface area contributed by atoms with Gasteiger partial charge in [0, 0.05) is 16.6 Å². The van der Waals surface area contributed by atoms with Gasteiger partial charge in [0.1, 0.15) is 12.4 Å². The van der Waals surface area contributed by atoms with Crippen molar-refractivity contribution in [1.29, 1.82) is 5.26 Å². The number of carbonyl (C=O) groups excluding carboxylic acids is 1. The number of nitriles is 1. The Bertz CT molecular complexity index is 1480. The minimum absolute atomic E-state index is 0.0466. The number of thiazole rings is 1. The van der Waals surface area contributed by atoms with Crippen molar-refractivity contribution in [3.63, 3.8) is 0 Å². The highest BCUT2D eigenvalue weighted by molar-refractivity contribution is 7.13. The molecule has 38 heavy (non-hydrogen) atoms. The van der Waals surface area contributed by atoms with E-state index in [0.717, 1.165) is 23.3 Å². The molecule has 0 aliphatic rings. The first-order valence-corrected chi connectivity index (χ1v) is 12.1. The van der Waals surface area contributed by atoms with E-state index in [1.165, 1.54) is 29.7 Å². The first kappa shape index (κ1) is 26.4. The summed E-state index contributed by atoms with van der Waals surface area (Å²) < 4.78 is 44.4. The molecule has 0 aliphatic heterocycles. The van der Waals surface area contributed by atoms with Crippen molar-refractivity contribution in [1.82, 2.24) is 10.4 Å². The molecule has 0 fully saturated rings. The predicted octanol–water partition coefficient (Wildman–Crippen LogP) is 6.05. The third kappa shape index (κ3) is 7.41. The number of alkyl halides is 3. The summed E-state index contributed by atoms with van der Waals surface area (Å²) in [5.41, 5.74) is 4.45. The van der Waals surface area contributed by atoms with Crippen LogP contribution in [0.4, 0.5) is 24.0 Å². The topological polar surface area (TPSA) is 99.4 Å². The van der Waals surface area contributed by atoms with Crippen LogP contribution in [0.3, 0.4) is 0 Å². The molecular weight excluding hydrogens is 515 g/mol. The van der Waals surface area contributed by atoms with E-state index in [2.05, 4.69) is 26.9 Å². The number of hydrazone groups is 1. The number of anilines is 2. The molecule has 2 N–H and O–H groups in total. The molecule has 3 aromatic carbocycles. The van der Waals surface area contributed by atoms with Crippen LogP contribution in [0.2, 0.25) is 0 Å². The van der Waals surface area contributed by atoms with Crippen LogP contribution in [0.1, 0.15) is 27.9 Å². The van der Waals surface area contributed by atoms with Gasteiger partial charge < -0.3 is 10.1 Å². The van der Waals surface area contributed by atoms with E-state index >= 15 is 0 Å². The Kier molecular flexibility index (Phi) is 8.35. The Morgan fingerprint density at radius 1 is 1.11 bits per heavy atom. The molecule has 0 spiro atoms. The molecule has 4 rings (SSSR count). The third-order valence-corrected chi connectivity index (χ3v) is 5.96. The number of aromatic nitrogens is 1. The van der Waals surface area contributed by atoms with Crippen molar-refractivity contribution in [3.05, 3.63) is 106 Å². The zero-order valence-electron chi connectivity index (χ0n) is 19.7. The number of carbonyl (C=O) groups is 1. The van der Waals surface area contributed by atoms with Crippen LogP contribution in [0.15, 0.2) is 83.3 Å². The van der Waals surface area contributed by atoms with E-state index < -0.39 is 17.6 Å². The normalized spacial score (nSPS) is 11.2. The molecule has 0 radical (unpaired) electrons. The van der Waals surface area contributed by atoms with Gasteiger partial charge in [0.15, 0.2) is 5.13 Å². The van der Waals surface area contributed by atoms with Crippen molar-refractivity contribution in [3.8, 4) is 11.8 Å². The van der Waals surface area contributed by atoms with Crippen LogP contribution in [-0.4, -0.2) is 17.1 Å². The van der Waals surface area contributed by atoms with E-state index in [1.807, 2.05) is 12.1 Å². The average molecular weight is 536 g/mol. The van der Waals surface area contributed by atoms with Gasteiger partial charge in [-0.2, -0.15) is 23.5 Å². The molecule has 0 saturated heterocycles. The van der Waals surface area contributed by atoms with E-state index in [0.29, 0.717) is 22.1 Å². The van der Waals surface area contributed by atoms with Gasteiger partial charge in [-0.1, -0.05) is 24.3 Å². The zero-order chi connectivity index (χ0) is 27.0. The highest BCUT2D eigenvalue weighted by Crippen LogP contribution is 2.31. The molecule has 1 heterocycles. The van der Waals surface area contributed by atoms with Gasteiger partial charge >= 0.3 is 6.18 Å². The lowest BCUT2D eigenvalue weighted by Crippen LogP contribution is -2.19. The Morgan fingerprint density at radius 3 is 2.66 bits per heavy atom. The lowest BCUT2D eigenvalue weighted by molar-refractivity contribution is -0.137. The average Bonchev–Trinajstić information content (AvgIpc) is 3.34. The largest absolute Gasteiger partial charge is 0.489 e. The number of hydrogen-bond donors (Lipinski definition) is 2. The number of nitrogens with one attached hydrogen (secondary N) is 2. The molecular formula is C27H20F3N5O2S. The number of benzene rings is 3. The molecule has 4 aromatic rings. The summed E-state index contributed by atoms with van der Waals surface area (Å²) >= 11 is 1.18. The van der Waals surface area contributed by atoms with Crippen molar-refractivity contribution >= 4 is 34.3 Å². The fourth-order valence-corrected chi connectivity index (χ4v) is 4.02. The van der Waals surface area contributed by atoms with Crippen LogP contribution in [0.25, 0.3) is 0 Å². The van der Waals surface area contributed by atoms with E-state index in [-0.39, 0.29) is 18.7 Å². The Labute approximate surface area is 220 Å². The van der Waals surface area contributed by atoms with Gasteiger partial charge in [-0.25, -0.2) is 10.4 Å². The van der Waals surface area contributed by atoms with Gasteiger partial charge in [0.2, 0.25) is 5.91 Å². The van der Waals surface area contributed by atoms with Crippen LogP contribution in [-0.2, 0) is 24.0 Å². The summed E-state index contributed by atoms with van der Waals surface area (Å²) in [4.78, 5) is 16.4. The monoisotopic (exact) mass is 535 g/mol. The maximum atomic E-state index is 12.9. The first-order valence-electron chi connectivity index (χ1n) is 11.2. The molecule has 0 saturated carbocycles. The van der Waals surface area contributed by atoms with Crippen molar-refractivity contribution in [2.75, 3.05) is 5.32 Å². The standard InChI is InChI=1S/C27H20F3N5O2S/c28-27(29,30)21-6-3-7-22(12-21)33-26-34-23(17-38-26)13-25(36)35-32-15-18-8-10-24(11-9-18)37-16-20-5-2-1-4-19(20)14-31/h1-12,15,17H,13,16H2,(H,33,34)(H,35,36). The summed E-state index contributed by atoms with van der Waals surface area (Å²) in [6.07, 6.45) is -3.00. The van der Waals surface area contributed by atoms with Gasteiger partial charge in [0.25, 0.3) is 0 Å². The lowest BCUT2D eigenvalue weighted by atomic mass is 10.1. The molecule has 0 aliphatic carbocycles. The second kappa shape index (κ2) is 12.0. The Balaban J connectivity index is 1.24. The maximum absolute atomic E-state index is 12.9. The predicted molar refractivity (Wildman–Crippen MR) is 138 cm³/mol. The number of halogens is 3. The molecule has 1 amide bonds. The van der Waals surface area contributed by atoms with Crippen molar-refractivity contribution in [2.45, 2.75) is 19.2 Å². The summed E-state index contributed by atoms with van der Waals surface area (Å²) in [7, 11) is 0. The molecule has 192 valence electrons. The lowest BCUT2D eigenvalue weighted by Gasteiger charge is -2.08. The van der Waals surface area contributed by atoms with E-state index in [1.54, 1.807) is 41.8 Å². The summed E-state index contributed by atoms with van der Waals surface area (Å²) in [5.74, 6) is 0.227. The zero-order valence-corrected chi connectivity index (χ0v) is 20.5. The first-order chi connectivity index (χ1) is 18.3. The number of amides is 1. The molecule has 7 nitrogen and oxygen atoms in total. The number of rotatable bonds is 9. The summed E-state index contributed by atoms with van der Waals surface area (Å²) in [6.45, 7) is 0.265. The minimum Gasteiger partial charge on any atom is -0.489 e. The number of hydrogen-bond acceptors (Lipinski definition) is 7. The SMILES string of the molecule is N#Cc1ccccc1COc1ccc(C=NNC(=O)Cc2csc(Nc3cccc(C(F)(F)F)c3)n2)cc1. The van der Waals surface area contributed by atoms with E-state index in [4.69, 9.17) is 10.00 Å².